The first-order chi connectivity index (χ1) is 18.9. The van der Waals surface area contributed by atoms with E-state index in [0.717, 1.165) is 47.5 Å². The van der Waals surface area contributed by atoms with Crippen molar-refractivity contribution in [2.24, 2.45) is 11.8 Å². The third-order valence-corrected chi connectivity index (χ3v) is 8.02. The second kappa shape index (κ2) is 11.8. The molecule has 3 saturated heterocycles. The first kappa shape index (κ1) is 26.6. The highest BCUT2D eigenvalue weighted by atomic mass is 16.4. The average molecular weight is 531 g/mol. The molecule has 0 aliphatic carbocycles. The molecule has 5 rings (SSSR count). The minimum absolute atomic E-state index is 0.153. The maximum Gasteiger partial charge on any atom is 0.327 e. The van der Waals surface area contributed by atoms with Gasteiger partial charge in [0.25, 0.3) is 0 Å². The standard InChI is InChI=1S/C30H34N4O5/c35-26(11-8-21-6-9-24(10-7-21)23-4-2-1-3-5-23)32-16-18-33(19-17-32)30(39)34-27(29(37)38)25(28(34)36)20-22-12-14-31-15-13-22/h1-11,22,25,27,31H,12-20H2,(H,37,38)/b11-8+/t25-,27+/m1/s1. The first-order valence-corrected chi connectivity index (χ1v) is 13.6. The Bertz CT molecular complexity index is 1230. The first-order valence-electron chi connectivity index (χ1n) is 13.6. The minimum atomic E-state index is -1.14. The minimum Gasteiger partial charge on any atom is -0.480 e. The predicted molar refractivity (Wildman–Crippen MR) is 146 cm³/mol. The van der Waals surface area contributed by atoms with Crippen LogP contribution >= 0.6 is 0 Å². The Kier molecular flexibility index (Phi) is 8.07. The van der Waals surface area contributed by atoms with E-state index in [2.05, 4.69) is 5.32 Å². The molecule has 0 unspecified atom stereocenters. The molecule has 0 aromatic heterocycles. The molecule has 2 atom stereocenters. The van der Waals surface area contributed by atoms with Gasteiger partial charge in [0.05, 0.1) is 5.92 Å². The van der Waals surface area contributed by atoms with Crippen molar-refractivity contribution in [3.05, 3.63) is 66.2 Å². The van der Waals surface area contributed by atoms with Gasteiger partial charge >= 0.3 is 12.0 Å². The topological polar surface area (TPSA) is 110 Å². The number of hydrogen-bond donors (Lipinski definition) is 2. The highest BCUT2D eigenvalue weighted by Crippen LogP contribution is 2.35. The summed E-state index contributed by atoms with van der Waals surface area (Å²) in [4.78, 5) is 54.7. The van der Waals surface area contributed by atoms with Crippen molar-refractivity contribution in [1.82, 2.24) is 20.0 Å². The Labute approximate surface area is 228 Å². The Balaban J connectivity index is 1.12. The van der Waals surface area contributed by atoms with E-state index >= 15 is 0 Å². The zero-order valence-electron chi connectivity index (χ0n) is 21.9. The predicted octanol–water partition coefficient (Wildman–Crippen LogP) is 2.93. The largest absolute Gasteiger partial charge is 0.480 e. The number of amides is 4. The quantitative estimate of drug-likeness (QED) is 0.439. The van der Waals surface area contributed by atoms with Gasteiger partial charge < -0.3 is 20.2 Å². The van der Waals surface area contributed by atoms with E-state index in [1.54, 1.807) is 11.0 Å². The van der Waals surface area contributed by atoms with Gasteiger partial charge in [-0.05, 0) is 61.0 Å². The van der Waals surface area contributed by atoms with Crippen LogP contribution in [0.2, 0.25) is 0 Å². The molecular weight excluding hydrogens is 496 g/mol. The smallest absolute Gasteiger partial charge is 0.327 e. The molecule has 0 bridgehead atoms. The van der Waals surface area contributed by atoms with Crippen LogP contribution in [0.1, 0.15) is 24.8 Å². The molecule has 0 spiro atoms. The van der Waals surface area contributed by atoms with E-state index in [1.165, 1.54) is 11.0 Å². The van der Waals surface area contributed by atoms with Crippen LogP contribution in [0.25, 0.3) is 17.2 Å². The van der Waals surface area contributed by atoms with E-state index < -0.39 is 29.9 Å². The number of carbonyl (C=O) groups is 4. The summed E-state index contributed by atoms with van der Waals surface area (Å²) in [7, 11) is 0. The number of piperidine rings is 1. The Morgan fingerprint density at radius 1 is 0.872 bits per heavy atom. The number of carboxylic acid groups (broad SMARTS) is 1. The Morgan fingerprint density at radius 2 is 1.49 bits per heavy atom. The van der Waals surface area contributed by atoms with Crippen LogP contribution in [0.4, 0.5) is 4.79 Å². The summed E-state index contributed by atoms with van der Waals surface area (Å²) in [5, 5.41) is 13.0. The molecular formula is C30H34N4O5. The van der Waals surface area contributed by atoms with Gasteiger partial charge in [-0.3, -0.25) is 9.59 Å². The van der Waals surface area contributed by atoms with Gasteiger partial charge in [0.1, 0.15) is 0 Å². The summed E-state index contributed by atoms with van der Waals surface area (Å²) in [6.07, 6.45) is 5.62. The van der Waals surface area contributed by atoms with Crippen LogP contribution in [-0.4, -0.2) is 88.9 Å². The molecule has 0 saturated carbocycles. The number of hydrogen-bond acceptors (Lipinski definition) is 5. The summed E-state index contributed by atoms with van der Waals surface area (Å²) < 4.78 is 0. The second-order valence-electron chi connectivity index (χ2n) is 10.4. The second-order valence-corrected chi connectivity index (χ2v) is 10.4. The van der Waals surface area contributed by atoms with Gasteiger partial charge in [-0.2, -0.15) is 0 Å². The van der Waals surface area contributed by atoms with E-state index in [-0.39, 0.29) is 19.0 Å². The molecule has 2 aromatic carbocycles. The SMILES string of the molecule is O=C(O)[C@@H]1[C@@H](CC2CCNCC2)C(=O)N1C(=O)N1CCN(C(=O)/C=C/c2ccc(-c3ccccc3)cc2)CC1. The Morgan fingerprint density at radius 3 is 2.13 bits per heavy atom. The van der Waals surface area contributed by atoms with Crippen LogP contribution in [0.3, 0.4) is 0 Å². The number of likely N-dealkylation sites (tertiary alicyclic amines) is 1. The number of piperazine rings is 1. The van der Waals surface area contributed by atoms with Crippen molar-refractivity contribution in [1.29, 1.82) is 0 Å². The monoisotopic (exact) mass is 530 g/mol. The third kappa shape index (κ3) is 5.88. The number of carboxylic acids is 1. The summed E-state index contributed by atoms with van der Waals surface area (Å²) in [5.74, 6) is -2.05. The highest BCUT2D eigenvalue weighted by molar-refractivity contribution is 6.07. The van der Waals surface area contributed by atoms with E-state index in [0.29, 0.717) is 25.4 Å². The van der Waals surface area contributed by atoms with Gasteiger partial charge in [-0.1, -0.05) is 54.6 Å². The molecule has 0 radical (unpaired) electrons. The van der Waals surface area contributed by atoms with E-state index in [9.17, 15) is 24.3 Å². The van der Waals surface area contributed by atoms with Crippen LogP contribution in [0, 0.1) is 11.8 Å². The summed E-state index contributed by atoms with van der Waals surface area (Å²) in [6.45, 7) is 2.87. The number of urea groups is 1. The number of rotatable bonds is 6. The van der Waals surface area contributed by atoms with Crippen molar-refractivity contribution < 1.29 is 24.3 Å². The number of aliphatic carboxylic acids is 1. The van der Waals surface area contributed by atoms with Crippen molar-refractivity contribution in [2.45, 2.75) is 25.3 Å². The molecule has 3 aliphatic rings. The highest BCUT2D eigenvalue weighted by Gasteiger charge is 2.56. The van der Waals surface area contributed by atoms with Crippen molar-refractivity contribution in [2.75, 3.05) is 39.3 Å². The lowest BCUT2D eigenvalue weighted by molar-refractivity contribution is -0.167. The number of β-lactam (4-membered cyclic amide) rings is 1. The van der Waals surface area contributed by atoms with E-state index in [4.69, 9.17) is 0 Å². The van der Waals surface area contributed by atoms with Crippen LogP contribution < -0.4 is 5.32 Å². The molecule has 9 nitrogen and oxygen atoms in total. The van der Waals surface area contributed by atoms with Crippen molar-refractivity contribution in [3.8, 4) is 11.1 Å². The van der Waals surface area contributed by atoms with Crippen LogP contribution in [0.15, 0.2) is 60.7 Å². The third-order valence-electron chi connectivity index (χ3n) is 8.02. The zero-order valence-corrected chi connectivity index (χ0v) is 21.9. The van der Waals surface area contributed by atoms with Gasteiger partial charge in [0, 0.05) is 32.3 Å². The van der Waals surface area contributed by atoms with Gasteiger partial charge in [-0.25, -0.2) is 14.5 Å². The van der Waals surface area contributed by atoms with Crippen LogP contribution in [-0.2, 0) is 14.4 Å². The van der Waals surface area contributed by atoms with E-state index in [1.807, 2.05) is 54.6 Å². The molecule has 3 aliphatic heterocycles. The fourth-order valence-electron chi connectivity index (χ4n) is 5.71. The van der Waals surface area contributed by atoms with Crippen LogP contribution in [0.5, 0.6) is 0 Å². The van der Waals surface area contributed by atoms with Gasteiger partial charge in [0.2, 0.25) is 11.8 Å². The summed E-state index contributed by atoms with van der Waals surface area (Å²) in [6, 6.07) is 16.3. The molecule has 9 heteroatoms. The fourth-order valence-corrected chi connectivity index (χ4v) is 5.71. The molecule has 4 amide bonds. The molecule has 2 aromatic rings. The molecule has 3 fully saturated rings. The van der Waals surface area contributed by atoms with Gasteiger partial charge in [0.15, 0.2) is 6.04 Å². The lowest BCUT2D eigenvalue weighted by Gasteiger charge is -2.47. The number of benzene rings is 2. The zero-order chi connectivity index (χ0) is 27.4. The van der Waals surface area contributed by atoms with Crippen molar-refractivity contribution >= 4 is 29.9 Å². The summed E-state index contributed by atoms with van der Waals surface area (Å²) >= 11 is 0. The maximum absolute atomic E-state index is 13.1. The number of nitrogens with zero attached hydrogens (tertiary/aromatic N) is 3. The maximum atomic E-state index is 13.1. The summed E-state index contributed by atoms with van der Waals surface area (Å²) in [5.41, 5.74) is 3.14. The van der Waals surface area contributed by atoms with Crippen molar-refractivity contribution in [3.63, 3.8) is 0 Å². The number of imide groups is 1. The lowest BCUT2D eigenvalue weighted by atomic mass is 9.78. The molecule has 39 heavy (non-hydrogen) atoms. The number of nitrogens with one attached hydrogen (secondary N) is 1. The molecule has 3 heterocycles. The average Bonchev–Trinajstić information content (AvgIpc) is 2.98. The Hall–Kier alpha value is -3.98. The lowest BCUT2D eigenvalue weighted by Crippen LogP contribution is -2.69. The normalized spacial score (nSPS) is 22.2. The molecule has 204 valence electrons. The van der Waals surface area contributed by atoms with Gasteiger partial charge in [-0.15, -0.1) is 0 Å². The fraction of sp³-hybridized carbons (Fsp3) is 0.400. The molecule has 2 N–H and O–H groups in total. The number of carbonyl (C=O) groups excluding carboxylic acids is 3.